The molecule has 18 heavy (non-hydrogen) atoms. The van der Waals surface area contributed by atoms with Gasteiger partial charge in [0.15, 0.2) is 0 Å². The Kier molecular flexibility index (Phi) is 4.82. The van der Waals surface area contributed by atoms with Gasteiger partial charge in [-0.2, -0.15) is 0 Å². The summed E-state index contributed by atoms with van der Waals surface area (Å²) in [5.74, 6) is 0. The van der Waals surface area contributed by atoms with Gasteiger partial charge in [-0.05, 0) is 50.3 Å². The highest BCUT2D eigenvalue weighted by molar-refractivity contribution is 9.10. The molecule has 1 aliphatic heterocycles. The van der Waals surface area contributed by atoms with E-state index in [1.54, 1.807) is 0 Å². The first-order valence-electron chi connectivity index (χ1n) is 6.64. The van der Waals surface area contributed by atoms with Gasteiger partial charge in [0, 0.05) is 17.5 Å². The topological polar surface area (TPSA) is 29.5 Å². The van der Waals surface area contributed by atoms with Crippen LogP contribution in [-0.2, 0) is 11.2 Å². The molecule has 0 spiro atoms. The number of benzene rings is 1. The lowest BCUT2D eigenvalue weighted by Gasteiger charge is -2.24. The zero-order valence-electron chi connectivity index (χ0n) is 10.9. The molecular formula is C15H21BrO2. The summed E-state index contributed by atoms with van der Waals surface area (Å²) in [5, 5.41) is 10.4. The summed E-state index contributed by atoms with van der Waals surface area (Å²) in [4.78, 5) is 0. The molecule has 1 aromatic carbocycles. The van der Waals surface area contributed by atoms with Crippen LogP contribution in [0.15, 0.2) is 28.7 Å². The number of ether oxygens (including phenoxy) is 1. The van der Waals surface area contributed by atoms with Crippen molar-refractivity contribution in [3.8, 4) is 0 Å². The van der Waals surface area contributed by atoms with Crippen molar-refractivity contribution in [3.63, 3.8) is 0 Å². The maximum absolute atomic E-state index is 10.4. The first-order valence-corrected chi connectivity index (χ1v) is 7.43. The minimum absolute atomic E-state index is 0.362. The van der Waals surface area contributed by atoms with Crippen molar-refractivity contribution in [2.24, 2.45) is 0 Å². The van der Waals surface area contributed by atoms with E-state index in [1.807, 2.05) is 19.1 Å². The fraction of sp³-hybridized carbons (Fsp3) is 0.600. The summed E-state index contributed by atoms with van der Waals surface area (Å²) >= 11 is 3.42. The number of aliphatic hydroxyl groups is 1. The van der Waals surface area contributed by atoms with Gasteiger partial charge in [-0.1, -0.05) is 28.1 Å². The summed E-state index contributed by atoms with van der Waals surface area (Å²) in [5.41, 5.74) is 0.537. The Morgan fingerprint density at radius 1 is 1.39 bits per heavy atom. The SMILES string of the molecule is CC(O)(CCC1CCCO1)Cc1ccc(Br)cc1. The van der Waals surface area contributed by atoms with Crippen molar-refractivity contribution in [1.29, 1.82) is 0 Å². The molecule has 1 fully saturated rings. The van der Waals surface area contributed by atoms with Crippen molar-refractivity contribution >= 4 is 15.9 Å². The van der Waals surface area contributed by atoms with Crippen LogP contribution >= 0.6 is 15.9 Å². The van der Waals surface area contributed by atoms with E-state index in [2.05, 4.69) is 28.1 Å². The highest BCUT2D eigenvalue weighted by Crippen LogP contribution is 2.24. The van der Waals surface area contributed by atoms with Crippen LogP contribution in [0.4, 0.5) is 0 Å². The molecule has 1 aliphatic rings. The van der Waals surface area contributed by atoms with Crippen molar-refractivity contribution in [1.82, 2.24) is 0 Å². The minimum atomic E-state index is -0.639. The Bertz CT molecular complexity index is 367. The highest BCUT2D eigenvalue weighted by atomic mass is 79.9. The van der Waals surface area contributed by atoms with E-state index >= 15 is 0 Å². The van der Waals surface area contributed by atoms with Gasteiger partial charge >= 0.3 is 0 Å². The van der Waals surface area contributed by atoms with E-state index in [1.165, 1.54) is 12.0 Å². The zero-order valence-corrected chi connectivity index (χ0v) is 12.4. The number of halogens is 1. The Labute approximate surface area is 117 Å². The second kappa shape index (κ2) is 6.18. The van der Waals surface area contributed by atoms with E-state index in [9.17, 15) is 5.11 Å². The van der Waals surface area contributed by atoms with E-state index in [0.717, 1.165) is 30.3 Å². The molecule has 100 valence electrons. The summed E-state index contributed by atoms with van der Waals surface area (Å²) in [6.07, 6.45) is 5.14. The first kappa shape index (κ1) is 14.0. The standard InChI is InChI=1S/C15H21BrO2/c1-15(17,9-8-14-3-2-10-18-14)11-12-4-6-13(16)7-5-12/h4-7,14,17H,2-3,8-11H2,1H3. The third kappa shape index (κ3) is 4.38. The summed E-state index contributed by atoms with van der Waals surface area (Å²) in [7, 11) is 0. The van der Waals surface area contributed by atoms with Crippen LogP contribution in [0, 0.1) is 0 Å². The fourth-order valence-corrected chi connectivity index (χ4v) is 2.74. The molecule has 1 N–H and O–H groups in total. The largest absolute Gasteiger partial charge is 0.390 e. The average Bonchev–Trinajstić information content (AvgIpc) is 2.83. The molecule has 0 aromatic heterocycles. The van der Waals surface area contributed by atoms with Crippen LogP contribution < -0.4 is 0 Å². The van der Waals surface area contributed by atoms with Gasteiger partial charge in [0.1, 0.15) is 0 Å². The fourth-order valence-electron chi connectivity index (χ4n) is 2.47. The van der Waals surface area contributed by atoms with E-state index in [4.69, 9.17) is 4.74 Å². The maximum atomic E-state index is 10.4. The molecule has 3 heteroatoms. The molecular weight excluding hydrogens is 292 g/mol. The predicted molar refractivity (Wildman–Crippen MR) is 76.7 cm³/mol. The molecule has 0 bridgehead atoms. The minimum Gasteiger partial charge on any atom is -0.390 e. The number of rotatable bonds is 5. The van der Waals surface area contributed by atoms with Gasteiger partial charge in [0.2, 0.25) is 0 Å². The average molecular weight is 313 g/mol. The molecule has 1 saturated heterocycles. The van der Waals surface area contributed by atoms with Gasteiger partial charge in [-0.25, -0.2) is 0 Å². The second-order valence-corrected chi connectivity index (χ2v) is 6.39. The Morgan fingerprint density at radius 2 is 2.11 bits per heavy atom. The van der Waals surface area contributed by atoms with Gasteiger partial charge in [0.25, 0.3) is 0 Å². The van der Waals surface area contributed by atoms with Crippen molar-refractivity contribution in [2.45, 2.75) is 50.7 Å². The van der Waals surface area contributed by atoms with E-state index < -0.39 is 5.60 Å². The van der Waals surface area contributed by atoms with Crippen LogP contribution in [-0.4, -0.2) is 23.4 Å². The van der Waals surface area contributed by atoms with Crippen molar-refractivity contribution < 1.29 is 9.84 Å². The lowest BCUT2D eigenvalue weighted by Crippen LogP contribution is -2.28. The number of hydrogen-bond acceptors (Lipinski definition) is 2. The Balaban J connectivity index is 1.83. The Morgan fingerprint density at radius 3 is 2.72 bits per heavy atom. The molecule has 0 aliphatic carbocycles. The van der Waals surface area contributed by atoms with Gasteiger partial charge in [-0.15, -0.1) is 0 Å². The zero-order chi connectivity index (χ0) is 13.0. The summed E-state index contributed by atoms with van der Waals surface area (Å²) in [6, 6.07) is 8.16. The third-order valence-electron chi connectivity index (χ3n) is 3.53. The van der Waals surface area contributed by atoms with E-state index in [-0.39, 0.29) is 0 Å². The van der Waals surface area contributed by atoms with E-state index in [0.29, 0.717) is 12.5 Å². The second-order valence-electron chi connectivity index (χ2n) is 5.47. The van der Waals surface area contributed by atoms with Crippen LogP contribution in [0.3, 0.4) is 0 Å². The predicted octanol–water partition coefficient (Wildman–Crippen LogP) is 3.70. The monoisotopic (exact) mass is 312 g/mol. The molecule has 1 heterocycles. The summed E-state index contributed by atoms with van der Waals surface area (Å²) < 4.78 is 6.67. The molecule has 0 amide bonds. The molecule has 1 aromatic rings. The highest BCUT2D eigenvalue weighted by Gasteiger charge is 2.24. The molecule has 0 radical (unpaired) electrons. The smallest absolute Gasteiger partial charge is 0.0660 e. The maximum Gasteiger partial charge on any atom is 0.0660 e. The van der Waals surface area contributed by atoms with Gasteiger partial charge < -0.3 is 9.84 Å². The molecule has 2 atom stereocenters. The molecule has 2 nitrogen and oxygen atoms in total. The number of hydrogen-bond donors (Lipinski definition) is 1. The van der Waals surface area contributed by atoms with Crippen molar-refractivity contribution in [3.05, 3.63) is 34.3 Å². The van der Waals surface area contributed by atoms with Crippen LogP contribution in [0.5, 0.6) is 0 Å². The molecule has 2 unspecified atom stereocenters. The van der Waals surface area contributed by atoms with Crippen LogP contribution in [0.2, 0.25) is 0 Å². The normalized spacial score (nSPS) is 22.9. The third-order valence-corrected chi connectivity index (χ3v) is 4.06. The molecule has 2 rings (SSSR count). The quantitative estimate of drug-likeness (QED) is 0.898. The first-order chi connectivity index (χ1) is 8.55. The summed E-state index contributed by atoms with van der Waals surface area (Å²) in [6.45, 7) is 2.81. The van der Waals surface area contributed by atoms with Crippen LogP contribution in [0.1, 0.15) is 38.2 Å². The van der Waals surface area contributed by atoms with Crippen molar-refractivity contribution in [2.75, 3.05) is 6.61 Å². The Hall–Kier alpha value is -0.380. The van der Waals surface area contributed by atoms with Gasteiger partial charge in [0.05, 0.1) is 11.7 Å². The lowest BCUT2D eigenvalue weighted by molar-refractivity contribution is 0.0254. The molecule has 0 saturated carbocycles. The van der Waals surface area contributed by atoms with Crippen LogP contribution in [0.25, 0.3) is 0 Å². The van der Waals surface area contributed by atoms with Gasteiger partial charge in [-0.3, -0.25) is 0 Å². The lowest BCUT2D eigenvalue weighted by atomic mass is 9.90.